The zero-order valence-corrected chi connectivity index (χ0v) is 8.06. The summed E-state index contributed by atoms with van der Waals surface area (Å²) in [4.78, 5) is 21.9. The van der Waals surface area contributed by atoms with Gasteiger partial charge in [-0.15, -0.1) is 0 Å². The van der Waals surface area contributed by atoms with Crippen LogP contribution < -0.4 is 0 Å². The summed E-state index contributed by atoms with van der Waals surface area (Å²) in [7, 11) is 0. The lowest BCUT2D eigenvalue weighted by Gasteiger charge is -2.29. The molecular weight excluding hydrogens is 184 g/mol. The van der Waals surface area contributed by atoms with Crippen molar-refractivity contribution >= 4 is 11.9 Å². The minimum absolute atomic E-state index is 0.397. The second-order valence-electron chi connectivity index (χ2n) is 3.78. The van der Waals surface area contributed by atoms with E-state index < -0.39 is 23.3 Å². The summed E-state index contributed by atoms with van der Waals surface area (Å²) in [5, 5.41) is 17.9. The molecule has 0 saturated carbocycles. The summed E-state index contributed by atoms with van der Waals surface area (Å²) in [5.74, 6) is -2.92. The Balaban J connectivity index is 2.98. The molecule has 1 aliphatic carbocycles. The topological polar surface area (TPSA) is 74.6 Å². The minimum Gasteiger partial charge on any atom is -0.480 e. The van der Waals surface area contributed by atoms with Crippen LogP contribution >= 0.6 is 0 Å². The predicted octanol–water partition coefficient (Wildman–Crippen LogP) is 1.52. The van der Waals surface area contributed by atoms with Crippen molar-refractivity contribution in [2.24, 2.45) is 11.3 Å². The fourth-order valence-corrected chi connectivity index (χ4v) is 1.70. The molecule has 0 heterocycles. The molecule has 0 amide bonds. The highest BCUT2D eigenvalue weighted by atomic mass is 16.4. The van der Waals surface area contributed by atoms with Gasteiger partial charge in [0, 0.05) is 5.92 Å². The largest absolute Gasteiger partial charge is 0.480 e. The highest BCUT2D eigenvalue weighted by Crippen LogP contribution is 2.35. The van der Waals surface area contributed by atoms with Crippen LogP contribution in [0.4, 0.5) is 0 Å². The molecule has 0 aliphatic heterocycles. The third-order valence-electron chi connectivity index (χ3n) is 2.88. The van der Waals surface area contributed by atoms with Crippen LogP contribution in [0.5, 0.6) is 0 Å². The summed E-state index contributed by atoms with van der Waals surface area (Å²) in [6, 6.07) is 0. The van der Waals surface area contributed by atoms with Gasteiger partial charge in [0.2, 0.25) is 0 Å². The summed E-state index contributed by atoms with van der Waals surface area (Å²) in [6.45, 7) is 1.28. The average molecular weight is 198 g/mol. The number of carbonyl (C=O) groups is 2. The third-order valence-corrected chi connectivity index (χ3v) is 2.88. The van der Waals surface area contributed by atoms with Crippen molar-refractivity contribution in [1.82, 2.24) is 0 Å². The molecule has 1 rings (SSSR count). The quantitative estimate of drug-likeness (QED) is 0.532. The number of aliphatic carboxylic acids is 2. The fraction of sp³-hybridized carbons (Fsp3) is 0.600. The Bertz CT molecular complexity index is 266. The van der Waals surface area contributed by atoms with Gasteiger partial charge in [0.15, 0.2) is 5.41 Å². The molecule has 0 fully saturated rings. The Kier molecular flexibility index (Phi) is 2.93. The van der Waals surface area contributed by atoms with Crippen molar-refractivity contribution in [3.05, 3.63) is 12.2 Å². The Labute approximate surface area is 82.2 Å². The van der Waals surface area contributed by atoms with Crippen molar-refractivity contribution < 1.29 is 19.8 Å². The van der Waals surface area contributed by atoms with E-state index in [1.54, 1.807) is 6.08 Å². The summed E-state index contributed by atoms with van der Waals surface area (Å²) >= 11 is 0. The van der Waals surface area contributed by atoms with Crippen LogP contribution in [-0.4, -0.2) is 22.2 Å². The molecule has 1 unspecified atom stereocenters. The number of rotatable bonds is 3. The molecule has 0 bridgehead atoms. The molecule has 0 aromatic carbocycles. The summed E-state index contributed by atoms with van der Waals surface area (Å²) in [5.41, 5.74) is -1.68. The normalized spacial score (nSPS) is 21.9. The van der Waals surface area contributed by atoms with Crippen molar-refractivity contribution in [2.75, 3.05) is 0 Å². The van der Waals surface area contributed by atoms with E-state index in [1.807, 2.05) is 6.08 Å². The van der Waals surface area contributed by atoms with E-state index >= 15 is 0 Å². The van der Waals surface area contributed by atoms with Gasteiger partial charge in [-0.2, -0.15) is 0 Å². The molecule has 2 N–H and O–H groups in total. The Morgan fingerprint density at radius 1 is 1.36 bits per heavy atom. The maximum absolute atomic E-state index is 10.9. The standard InChI is InChI=1S/C10H14O4/c1-10(8(11)12,9(13)14)7-5-3-2-4-6-7/h3,5,7H,2,4,6H2,1H3,(H,11,12)(H,13,14). The third kappa shape index (κ3) is 1.64. The van der Waals surface area contributed by atoms with Gasteiger partial charge in [-0.1, -0.05) is 12.2 Å². The fourth-order valence-electron chi connectivity index (χ4n) is 1.70. The molecule has 14 heavy (non-hydrogen) atoms. The number of carboxylic acids is 2. The van der Waals surface area contributed by atoms with Crippen LogP contribution in [0.2, 0.25) is 0 Å². The van der Waals surface area contributed by atoms with E-state index in [1.165, 1.54) is 6.92 Å². The minimum atomic E-state index is -1.68. The number of allylic oxidation sites excluding steroid dienone is 2. The predicted molar refractivity (Wildman–Crippen MR) is 49.9 cm³/mol. The second kappa shape index (κ2) is 3.82. The van der Waals surface area contributed by atoms with Crippen molar-refractivity contribution in [2.45, 2.75) is 26.2 Å². The number of hydrogen-bond acceptors (Lipinski definition) is 2. The van der Waals surface area contributed by atoms with Crippen LogP contribution in [0.1, 0.15) is 26.2 Å². The van der Waals surface area contributed by atoms with Gasteiger partial charge in [0.1, 0.15) is 0 Å². The van der Waals surface area contributed by atoms with Crippen LogP contribution in [0, 0.1) is 11.3 Å². The van der Waals surface area contributed by atoms with Crippen LogP contribution in [0.25, 0.3) is 0 Å². The van der Waals surface area contributed by atoms with Gasteiger partial charge in [-0.25, -0.2) is 0 Å². The van der Waals surface area contributed by atoms with Crippen LogP contribution in [0.15, 0.2) is 12.2 Å². The van der Waals surface area contributed by atoms with Crippen molar-refractivity contribution in [3.8, 4) is 0 Å². The molecule has 78 valence electrons. The Hall–Kier alpha value is -1.32. The molecule has 0 spiro atoms. The van der Waals surface area contributed by atoms with Crippen LogP contribution in [0.3, 0.4) is 0 Å². The first kappa shape index (κ1) is 10.8. The SMILES string of the molecule is CC(C(=O)O)(C(=O)O)C1C=CCCC1. The van der Waals surface area contributed by atoms with Gasteiger partial charge < -0.3 is 10.2 Å². The second-order valence-corrected chi connectivity index (χ2v) is 3.78. The van der Waals surface area contributed by atoms with E-state index in [4.69, 9.17) is 10.2 Å². The van der Waals surface area contributed by atoms with E-state index in [0.717, 1.165) is 12.8 Å². The van der Waals surface area contributed by atoms with Crippen molar-refractivity contribution in [3.63, 3.8) is 0 Å². The first-order valence-corrected chi connectivity index (χ1v) is 4.63. The molecule has 0 aromatic heterocycles. The van der Waals surface area contributed by atoms with Gasteiger partial charge in [-0.05, 0) is 26.2 Å². The first-order valence-electron chi connectivity index (χ1n) is 4.63. The van der Waals surface area contributed by atoms with E-state index in [9.17, 15) is 9.59 Å². The molecular formula is C10H14O4. The van der Waals surface area contributed by atoms with Crippen molar-refractivity contribution in [1.29, 1.82) is 0 Å². The average Bonchev–Trinajstić information content (AvgIpc) is 2.17. The lowest BCUT2D eigenvalue weighted by molar-refractivity contribution is -0.166. The van der Waals surface area contributed by atoms with E-state index in [0.29, 0.717) is 6.42 Å². The molecule has 1 atom stereocenters. The smallest absolute Gasteiger partial charge is 0.321 e. The first-order chi connectivity index (χ1) is 6.49. The molecule has 4 nitrogen and oxygen atoms in total. The molecule has 0 aromatic rings. The molecule has 4 heteroatoms. The maximum Gasteiger partial charge on any atom is 0.321 e. The number of carboxylic acid groups (broad SMARTS) is 2. The maximum atomic E-state index is 10.9. The van der Waals surface area contributed by atoms with Crippen LogP contribution in [-0.2, 0) is 9.59 Å². The molecule has 0 saturated heterocycles. The zero-order chi connectivity index (χ0) is 10.8. The Morgan fingerprint density at radius 3 is 2.29 bits per heavy atom. The molecule has 1 aliphatic rings. The Morgan fingerprint density at radius 2 is 1.93 bits per heavy atom. The molecule has 0 radical (unpaired) electrons. The lowest BCUT2D eigenvalue weighted by atomic mass is 9.73. The highest BCUT2D eigenvalue weighted by molar-refractivity contribution is 5.98. The van der Waals surface area contributed by atoms with Gasteiger partial charge in [0.05, 0.1) is 0 Å². The van der Waals surface area contributed by atoms with Gasteiger partial charge in [-0.3, -0.25) is 9.59 Å². The highest BCUT2D eigenvalue weighted by Gasteiger charge is 2.47. The number of hydrogen-bond donors (Lipinski definition) is 2. The van der Waals surface area contributed by atoms with Gasteiger partial charge >= 0.3 is 11.9 Å². The zero-order valence-electron chi connectivity index (χ0n) is 8.06. The van der Waals surface area contributed by atoms with E-state index in [-0.39, 0.29) is 0 Å². The van der Waals surface area contributed by atoms with Gasteiger partial charge in [0.25, 0.3) is 0 Å². The summed E-state index contributed by atoms with van der Waals surface area (Å²) < 4.78 is 0. The monoisotopic (exact) mass is 198 g/mol. The lowest BCUT2D eigenvalue weighted by Crippen LogP contribution is -2.42. The summed E-state index contributed by atoms with van der Waals surface area (Å²) in [6.07, 6.45) is 5.97. The van der Waals surface area contributed by atoms with E-state index in [2.05, 4.69) is 0 Å².